The molecule has 1 aromatic rings. The van der Waals surface area contributed by atoms with E-state index in [2.05, 4.69) is 0 Å². The van der Waals surface area contributed by atoms with Crippen LogP contribution < -0.4 is 10.5 Å². The molecule has 1 aromatic heterocycles. The summed E-state index contributed by atoms with van der Waals surface area (Å²) in [6.45, 7) is -0.129. The van der Waals surface area contributed by atoms with Gasteiger partial charge in [0.1, 0.15) is 10.1 Å². The first-order valence-corrected chi connectivity index (χ1v) is 4.10. The number of carbonyl (C=O) groups is 1. The summed E-state index contributed by atoms with van der Waals surface area (Å²) in [5.74, 6) is 0.00253. The lowest BCUT2D eigenvalue weighted by molar-refractivity contribution is -0.119. The van der Waals surface area contributed by atoms with E-state index in [0.717, 1.165) is 0 Å². The van der Waals surface area contributed by atoms with E-state index in [4.69, 9.17) is 22.1 Å². The van der Waals surface area contributed by atoms with Crippen LogP contribution in [-0.2, 0) is 4.79 Å². The van der Waals surface area contributed by atoms with Crippen molar-refractivity contribution < 1.29 is 9.53 Å². The van der Waals surface area contributed by atoms with Crippen molar-refractivity contribution in [3.05, 3.63) is 15.8 Å². The number of halogens is 1. The van der Waals surface area contributed by atoms with Crippen LogP contribution in [0.25, 0.3) is 0 Å². The second-order valence-corrected chi connectivity index (χ2v) is 3.33. The van der Waals surface area contributed by atoms with Crippen molar-refractivity contribution in [3.8, 4) is 5.75 Å². The molecule has 0 aliphatic rings. The Morgan fingerprint density at radius 3 is 3.00 bits per heavy atom. The van der Waals surface area contributed by atoms with E-state index in [1.54, 1.807) is 11.4 Å². The molecule has 1 rings (SSSR count). The van der Waals surface area contributed by atoms with Crippen molar-refractivity contribution >= 4 is 28.8 Å². The molecule has 0 atom stereocenters. The fourth-order valence-electron chi connectivity index (χ4n) is 0.533. The molecule has 5 heteroatoms. The maximum Gasteiger partial charge on any atom is 0.255 e. The summed E-state index contributed by atoms with van der Waals surface area (Å²) in [5, 5.41) is 1.78. The topological polar surface area (TPSA) is 52.3 Å². The van der Waals surface area contributed by atoms with Gasteiger partial charge >= 0.3 is 0 Å². The van der Waals surface area contributed by atoms with E-state index < -0.39 is 5.91 Å². The van der Waals surface area contributed by atoms with Gasteiger partial charge in [0.25, 0.3) is 5.91 Å². The van der Waals surface area contributed by atoms with E-state index in [0.29, 0.717) is 10.1 Å². The average Bonchev–Trinajstić information content (AvgIpc) is 2.31. The Balaban J connectivity index is 2.51. The zero-order valence-corrected chi connectivity index (χ0v) is 7.11. The van der Waals surface area contributed by atoms with Crippen LogP contribution in [0, 0.1) is 0 Å². The highest BCUT2D eigenvalue weighted by atomic mass is 35.5. The predicted molar refractivity (Wildman–Crippen MR) is 44.0 cm³/mol. The van der Waals surface area contributed by atoms with Gasteiger partial charge in [-0.1, -0.05) is 11.6 Å². The lowest BCUT2D eigenvalue weighted by Crippen LogP contribution is -2.19. The SMILES string of the molecule is NC(=O)COc1ccsc1Cl. The number of primary amides is 1. The molecule has 0 aliphatic carbocycles. The van der Waals surface area contributed by atoms with Gasteiger partial charge in [-0.3, -0.25) is 4.79 Å². The summed E-state index contributed by atoms with van der Waals surface area (Å²) in [4.78, 5) is 10.3. The molecule has 60 valence electrons. The van der Waals surface area contributed by atoms with Gasteiger partial charge in [-0.2, -0.15) is 0 Å². The lowest BCUT2D eigenvalue weighted by Gasteiger charge is -1.99. The van der Waals surface area contributed by atoms with Crippen LogP contribution >= 0.6 is 22.9 Å². The van der Waals surface area contributed by atoms with Crippen molar-refractivity contribution in [1.82, 2.24) is 0 Å². The number of amides is 1. The normalized spacial score (nSPS) is 9.55. The van der Waals surface area contributed by atoms with Gasteiger partial charge in [-0.25, -0.2) is 0 Å². The molecule has 0 radical (unpaired) electrons. The van der Waals surface area contributed by atoms with Crippen LogP contribution in [0.15, 0.2) is 11.4 Å². The number of hydrogen-bond donors (Lipinski definition) is 1. The number of ether oxygens (including phenoxy) is 1. The number of rotatable bonds is 3. The van der Waals surface area contributed by atoms with E-state index in [9.17, 15) is 4.79 Å². The zero-order chi connectivity index (χ0) is 8.27. The van der Waals surface area contributed by atoms with E-state index in [-0.39, 0.29) is 6.61 Å². The number of carbonyl (C=O) groups excluding carboxylic acids is 1. The first-order valence-electron chi connectivity index (χ1n) is 2.84. The van der Waals surface area contributed by atoms with Gasteiger partial charge in [0, 0.05) is 0 Å². The van der Waals surface area contributed by atoms with Crippen LogP contribution in [0.1, 0.15) is 0 Å². The standard InChI is InChI=1S/C6H6ClNO2S/c7-6-4(1-2-11-6)10-3-5(8)9/h1-2H,3H2,(H2,8,9). The molecule has 0 aromatic carbocycles. The van der Waals surface area contributed by atoms with Gasteiger partial charge in [0.05, 0.1) is 0 Å². The van der Waals surface area contributed by atoms with E-state index in [1.165, 1.54) is 11.3 Å². The summed E-state index contributed by atoms with van der Waals surface area (Å²) >= 11 is 7.01. The first kappa shape index (κ1) is 8.36. The molecule has 0 saturated heterocycles. The summed E-state index contributed by atoms with van der Waals surface area (Å²) in [6.07, 6.45) is 0. The van der Waals surface area contributed by atoms with E-state index >= 15 is 0 Å². The van der Waals surface area contributed by atoms with Crippen molar-refractivity contribution in [3.63, 3.8) is 0 Å². The van der Waals surface area contributed by atoms with Crippen LogP contribution in [0.2, 0.25) is 4.34 Å². The van der Waals surface area contributed by atoms with Crippen LogP contribution in [-0.4, -0.2) is 12.5 Å². The van der Waals surface area contributed by atoms with Gasteiger partial charge in [-0.15, -0.1) is 11.3 Å². The highest BCUT2D eigenvalue weighted by Gasteiger charge is 2.02. The van der Waals surface area contributed by atoms with Gasteiger partial charge < -0.3 is 10.5 Å². The third-order valence-electron chi connectivity index (χ3n) is 0.955. The molecule has 2 N–H and O–H groups in total. The molecular formula is C6H6ClNO2S. The predicted octanol–water partition coefficient (Wildman–Crippen LogP) is 1.27. The quantitative estimate of drug-likeness (QED) is 0.782. The molecule has 0 fully saturated rings. The molecule has 11 heavy (non-hydrogen) atoms. The van der Waals surface area contributed by atoms with Crippen molar-refractivity contribution in [1.29, 1.82) is 0 Å². The second kappa shape index (κ2) is 3.59. The monoisotopic (exact) mass is 191 g/mol. The summed E-state index contributed by atoms with van der Waals surface area (Å²) < 4.78 is 5.48. The minimum absolute atomic E-state index is 0.129. The fraction of sp³-hybridized carbons (Fsp3) is 0.167. The van der Waals surface area contributed by atoms with Crippen LogP contribution in [0.4, 0.5) is 0 Å². The maximum atomic E-state index is 10.3. The smallest absolute Gasteiger partial charge is 0.255 e. The average molecular weight is 192 g/mol. The Labute approximate surface area is 72.7 Å². The number of hydrogen-bond acceptors (Lipinski definition) is 3. The lowest BCUT2D eigenvalue weighted by atomic mass is 10.6. The Hall–Kier alpha value is -0.740. The van der Waals surface area contributed by atoms with Crippen LogP contribution in [0.3, 0.4) is 0 Å². The highest BCUT2D eigenvalue weighted by Crippen LogP contribution is 2.29. The molecular weight excluding hydrogens is 186 g/mol. The molecule has 0 bridgehead atoms. The van der Waals surface area contributed by atoms with Crippen molar-refractivity contribution in [2.24, 2.45) is 5.73 Å². The summed E-state index contributed by atoms with van der Waals surface area (Å²) in [6, 6.07) is 1.69. The third-order valence-corrected chi connectivity index (χ3v) is 2.09. The number of thiophene rings is 1. The highest BCUT2D eigenvalue weighted by molar-refractivity contribution is 7.14. The molecule has 0 saturated carbocycles. The van der Waals surface area contributed by atoms with Crippen molar-refractivity contribution in [2.45, 2.75) is 0 Å². The molecule has 1 heterocycles. The number of nitrogens with two attached hydrogens (primary N) is 1. The minimum Gasteiger partial charge on any atom is -0.481 e. The molecule has 1 amide bonds. The van der Waals surface area contributed by atoms with Gasteiger partial charge in [-0.05, 0) is 11.4 Å². The maximum absolute atomic E-state index is 10.3. The summed E-state index contributed by atoms with van der Waals surface area (Å²) in [5.41, 5.74) is 4.86. The Morgan fingerprint density at radius 2 is 2.55 bits per heavy atom. The minimum atomic E-state index is -0.507. The fourth-order valence-corrected chi connectivity index (χ4v) is 1.36. The van der Waals surface area contributed by atoms with E-state index in [1.807, 2.05) is 0 Å². The second-order valence-electron chi connectivity index (χ2n) is 1.81. The Kier molecular flexibility index (Phi) is 2.73. The van der Waals surface area contributed by atoms with Gasteiger partial charge in [0.15, 0.2) is 6.61 Å². The van der Waals surface area contributed by atoms with Gasteiger partial charge in [0.2, 0.25) is 0 Å². The Bertz CT molecular complexity index is 261. The molecule has 0 spiro atoms. The largest absolute Gasteiger partial charge is 0.481 e. The molecule has 3 nitrogen and oxygen atoms in total. The third kappa shape index (κ3) is 2.40. The first-order chi connectivity index (χ1) is 5.20. The summed E-state index contributed by atoms with van der Waals surface area (Å²) in [7, 11) is 0. The zero-order valence-electron chi connectivity index (χ0n) is 5.54. The van der Waals surface area contributed by atoms with Crippen LogP contribution in [0.5, 0.6) is 5.75 Å². The van der Waals surface area contributed by atoms with Crippen molar-refractivity contribution in [2.75, 3.05) is 6.61 Å². The Morgan fingerprint density at radius 1 is 1.82 bits per heavy atom. The molecule has 0 aliphatic heterocycles. The molecule has 0 unspecified atom stereocenters.